The minimum absolute atomic E-state index is 0.0253. The molecule has 8 heteroatoms. The molecule has 1 amide bonds. The minimum Gasteiger partial charge on any atom is -0.466 e. The summed E-state index contributed by atoms with van der Waals surface area (Å²) < 4.78 is 5.00. The first kappa shape index (κ1) is 22.0. The Labute approximate surface area is 191 Å². The molecule has 1 aliphatic rings. The highest BCUT2D eigenvalue weighted by atomic mass is 32.1. The van der Waals surface area contributed by atoms with Crippen LogP contribution in [0.5, 0.6) is 0 Å². The van der Waals surface area contributed by atoms with E-state index in [2.05, 4.69) is 21.4 Å². The first-order chi connectivity index (χ1) is 15.5. The Morgan fingerprint density at radius 3 is 2.84 bits per heavy atom. The quantitative estimate of drug-likeness (QED) is 0.409. The minimum atomic E-state index is -0.175. The molecule has 0 fully saturated rings. The van der Waals surface area contributed by atoms with Gasteiger partial charge in [-0.2, -0.15) is 0 Å². The lowest BCUT2D eigenvalue weighted by atomic mass is 10.0. The zero-order chi connectivity index (χ0) is 22.5. The highest BCUT2D eigenvalue weighted by molar-refractivity contribution is 7.15. The number of thiazole rings is 1. The van der Waals surface area contributed by atoms with Gasteiger partial charge in [0.1, 0.15) is 5.82 Å². The zero-order valence-corrected chi connectivity index (χ0v) is 19.1. The molecule has 0 unspecified atom stereocenters. The van der Waals surface area contributed by atoms with Crippen molar-refractivity contribution in [1.29, 1.82) is 0 Å². The number of anilines is 2. The Balaban J connectivity index is 1.52. The van der Waals surface area contributed by atoms with Crippen LogP contribution in [0.15, 0.2) is 48.2 Å². The molecule has 1 aliphatic heterocycles. The van der Waals surface area contributed by atoms with E-state index in [0.717, 1.165) is 27.3 Å². The van der Waals surface area contributed by atoms with Crippen LogP contribution in [0.25, 0.3) is 10.9 Å². The van der Waals surface area contributed by atoms with Crippen LogP contribution in [0.1, 0.15) is 41.4 Å². The highest BCUT2D eigenvalue weighted by Gasteiger charge is 2.22. The van der Waals surface area contributed by atoms with Gasteiger partial charge in [0.15, 0.2) is 5.13 Å². The summed E-state index contributed by atoms with van der Waals surface area (Å²) in [6.07, 6.45) is 5.69. The van der Waals surface area contributed by atoms with E-state index in [0.29, 0.717) is 43.9 Å². The third kappa shape index (κ3) is 5.13. The first-order valence-electron chi connectivity index (χ1n) is 10.8. The van der Waals surface area contributed by atoms with E-state index < -0.39 is 0 Å². The molecule has 3 aromatic rings. The molecule has 1 N–H and O–H groups in total. The molecule has 4 rings (SSSR count). The van der Waals surface area contributed by atoms with E-state index in [1.807, 2.05) is 43.0 Å². The average molecular weight is 451 g/mol. The third-order valence-electron chi connectivity index (χ3n) is 5.35. The predicted octanol–water partition coefficient (Wildman–Crippen LogP) is 4.86. The molecule has 0 atom stereocenters. The molecule has 3 heterocycles. The number of esters is 1. The maximum Gasteiger partial charge on any atom is 0.306 e. The van der Waals surface area contributed by atoms with E-state index in [-0.39, 0.29) is 11.9 Å². The maximum atomic E-state index is 13.4. The van der Waals surface area contributed by atoms with Crippen LogP contribution in [-0.4, -0.2) is 46.4 Å². The van der Waals surface area contributed by atoms with Crippen molar-refractivity contribution < 1.29 is 14.3 Å². The Morgan fingerprint density at radius 2 is 2.12 bits per heavy atom. The van der Waals surface area contributed by atoms with Crippen molar-refractivity contribution in [3.63, 3.8) is 0 Å². The molecule has 32 heavy (non-hydrogen) atoms. The number of aryl methyl sites for hydroxylation is 1. The van der Waals surface area contributed by atoms with Crippen LogP contribution in [-0.2, 0) is 9.53 Å². The van der Waals surface area contributed by atoms with Crippen molar-refractivity contribution in [2.45, 2.75) is 33.1 Å². The second-order valence-electron chi connectivity index (χ2n) is 7.64. The van der Waals surface area contributed by atoms with Crippen molar-refractivity contribution in [3.05, 3.63) is 58.6 Å². The van der Waals surface area contributed by atoms with Crippen molar-refractivity contribution >= 4 is 45.1 Å². The smallest absolute Gasteiger partial charge is 0.306 e. The number of amides is 1. The predicted molar refractivity (Wildman–Crippen MR) is 126 cm³/mol. The Kier molecular flexibility index (Phi) is 6.80. The lowest BCUT2D eigenvalue weighted by molar-refractivity contribution is -0.143. The molecule has 0 saturated heterocycles. The fraction of sp³-hybridized carbons (Fsp3) is 0.333. The number of ether oxygens (including phenoxy) is 1. The summed E-state index contributed by atoms with van der Waals surface area (Å²) in [7, 11) is 0. The molecule has 1 aromatic carbocycles. The molecule has 0 saturated carbocycles. The number of pyridine rings is 1. The summed E-state index contributed by atoms with van der Waals surface area (Å²) in [5, 5.41) is 4.80. The Bertz CT molecular complexity index is 1170. The van der Waals surface area contributed by atoms with Gasteiger partial charge in [0, 0.05) is 36.0 Å². The standard InChI is InChI=1S/C24H26N4O3S/c1-3-31-22(29)9-8-17-10-12-28(13-11-17)23(30)19-14-21(27-24-25-15-16(2)32-24)26-20-7-5-4-6-18(19)20/h4-7,10,14-15H,3,8-9,11-13H2,1-2H3,(H,25,26,27). The van der Waals surface area contributed by atoms with Crippen LogP contribution >= 0.6 is 11.3 Å². The molecule has 0 aliphatic carbocycles. The Hall–Kier alpha value is -3.26. The van der Waals surface area contributed by atoms with Crippen LogP contribution in [0.2, 0.25) is 0 Å². The second kappa shape index (κ2) is 9.91. The number of hydrogen-bond donors (Lipinski definition) is 1. The molecule has 0 radical (unpaired) electrons. The Morgan fingerprint density at radius 1 is 1.28 bits per heavy atom. The summed E-state index contributed by atoms with van der Waals surface area (Å²) in [6.45, 7) is 5.36. The molecular weight excluding hydrogens is 424 g/mol. The fourth-order valence-corrected chi connectivity index (χ4v) is 4.40. The maximum absolute atomic E-state index is 13.4. The molecule has 7 nitrogen and oxygen atoms in total. The number of nitrogens with one attached hydrogen (secondary N) is 1. The SMILES string of the molecule is CCOC(=O)CCC1=CCN(C(=O)c2cc(Nc3ncc(C)s3)nc3ccccc23)CC1. The largest absolute Gasteiger partial charge is 0.466 e. The van der Waals surface area contributed by atoms with Crippen LogP contribution in [0.3, 0.4) is 0 Å². The normalized spacial score (nSPS) is 13.7. The summed E-state index contributed by atoms with van der Waals surface area (Å²) >= 11 is 1.54. The average Bonchev–Trinajstić information content (AvgIpc) is 3.21. The number of carbonyl (C=O) groups excluding carboxylic acids is 2. The van der Waals surface area contributed by atoms with E-state index in [1.165, 1.54) is 5.57 Å². The first-order valence-corrected chi connectivity index (χ1v) is 11.6. The summed E-state index contributed by atoms with van der Waals surface area (Å²) in [4.78, 5) is 37.0. The van der Waals surface area contributed by atoms with E-state index in [1.54, 1.807) is 23.6 Å². The van der Waals surface area contributed by atoms with Crippen molar-refractivity contribution in [1.82, 2.24) is 14.9 Å². The van der Waals surface area contributed by atoms with Gasteiger partial charge in [0.05, 0.1) is 17.7 Å². The molecule has 0 bridgehead atoms. The lowest BCUT2D eigenvalue weighted by Gasteiger charge is -2.27. The van der Waals surface area contributed by atoms with Crippen molar-refractivity contribution in [2.75, 3.05) is 25.0 Å². The number of para-hydroxylation sites is 1. The molecule has 166 valence electrons. The van der Waals surface area contributed by atoms with Gasteiger partial charge in [-0.3, -0.25) is 9.59 Å². The molecule has 0 spiro atoms. The van der Waals surface area contributed by atoms with Gasteiger partial charge >= 0.3 is 5.97 Å². The summed E-state index contributed by atoms with van der Waals surface area (Å²) in [5.74, 6) is 0.400. The van der Waals surface area contributed by atoms with Crippen LogP contribution < -0.4 is 5.32 Å². The molecular formula is C24H26N4O3S. The number of carbonyl (C=O) groups is 2. The van der Waals surface area contributed by atoms with Crippen LogP contribution in [0.4, 0.5) is 10.9 Å². The van der Waals surface area contributed by atoms with Gasteiger partial charge in [-0.15, -0.1) is 11.3 Å². The van der Waals surface area contributed by atoms with E-state index in [9.17, 15) is 9.59 Å². The lowest BCUT2D eigenvalue weighted by Crippen LogP contribution is -2.35. The van der Waals surface area contributed by atoms with Gasteiger partial charge < -0.3 is 15.0 Å². The monoisotopic (exact) mass is 450 g/mol. The third-order valence-corrected chi connectivity index (χ3v) is 6.18. The summed E-state index contributed by atoms with van der Waals surface area (Å²) in [6, 6.07) is 9.48. The van der Waals surface area contributed by atoms with Gasteiger partial charge in [-0.25, -0.2) is 9.97 Å². The van der Waals surface area contributed by atoms with Crippen LogP contribution in [0, 0.1) is 6.92 Å². The van der Waals surface area contributed by atoms with Gasteiger partial charge in [-0.05, 0) is 38.8 Å². The topological polar surface area (TPSA) is 84.4 Å². The second-order valence-corrected chi connectivity index (χ2v) is 8.88. The van der Waals surface area contributed by atoms with Gasteiger partial charge in [0.2, 0.25) is 0 Å². The fourth-order valence-electron chi connectivity index (χ4n) is 3.73. The summed E-state index contributed by atoms with van der Waals surface area (Å²) in [5.41, 5.74) is 2.58. The van der Waals surface area contributed by atoms with Crippen molar-refractivity contribution in [2.24, 2.45) is 0 Å². The number of nitrogens with zero attached hydrogens (tertiary/aromatic N) is 3. The number of benzene rings is 1. The molecule has 2 aromatic heterocycles. The zero-order valence-electron chi connectivity index (χ0n) is 18.3. The highest BCUT2D eigenvalue weighted by Crippen LogP contribution is 2.27. The van der Waals surface area contributed by atoms with E-state index >= 15 is 0 Å². The van der Waals surface area contributed by atoms with Gasteiger partial charge in [-0.1, -0.05) is 29.8 Å². The van der Waals surface area contributed by atoms with Gasteiger partial charge in [0.25, 0.3) is 5.91 Å². The number of rotatable bonds is 7. The van der Waals surface area contributed by atoms with E-state index in [4.69, 9.17) is 4.74 Å². The number of aromatic nitrogens is 2. The number of fused-ring (bicyclic) bond motifs is 1. The van der Waals surface area contributed by atoms with Crippen molar-refractivity contribution in [3.8, 4) is 0 Å². The number of hydrogen-bond acceptors (Lipinski definition) is 7.